The van der Waals surface area contributed by atoms with Gasteiger partial charge in [-0.25, -0.2) is 14.5 Å². The summed E-state index contributed by atoms with van der Waals surface area (Å²) in [5, 5.41) is 5.83. The highest BCUT2D eigenvalue weighted by Gasteiger charge is 2.34. The predicted octanol–water partition coefficient (Wildman–Crippen LogP) is 4.67. The molecule has 0 bridgehead atoms. The van der Waals surface area contributed by atoms with E-state index in [-0.39, 0.29) is 5.92 Å². The Morgan fingerprint density at radius 3 is 2.56 bits per heavy atom. The highest BCUT2D eigenvalue weighted by Crippen LogP contribution is 2.46. The van der Waals surface area contributed by atoms with E-state index in [1.54, 1.807) is 18.3 Å². The van der Waals surface area contributed by atoms with Gasteiger partial charge in [0.2, 0.25) is 0 Å². The van der Waals surface area contributed by atoms with Crippen LogP contribution >= 0.6 is 23.2 Å². The largest absolute Gasteiger partial charge is 0.465 e. The third kappa shape index (κ3) is 2.93. The van der Waals surface area contributed by atoms with E-state index < -0.39 is 5.97 Å². The van der Waals surface area contributed by atoms with Crippen LogP contribution in [0, 0.1) is 0 Å². The minimum absolute atomic E-state index is 0.238. The molecule has 6 nitrogen and oxygen atoms in total. The number of pyridine rings is 1. The van der Waals surface area contributed by atoms with E-state index >= 15 is 0 Å². The number of esters is 1. The molecule has 27 heavy (non-hydrogen) atoms. The molecule has 0 saturated heterocycles. The van der Waals surface area contributed by atoms with Crippen molar-refractivity contribution in [3.63, 3.8) is 0 Å². The van der Waals surface area contributed by atoms with E-state index in [9.17, 15) is 4.79 Å². The molecular weight excluding hydrogens is 387 g/mol. The highest BCUT2D eigenvalue weighted by molar-refractivity contribution is 6.39. The second kappa shape index (κ2) is 6.69. The van der Waals surface area contributed by atoms with Crippen LogP contribution < -0.4 is 5.73 Å². The Morgan fingerprint density at radius 2 is 2.00 bits per heavy atom. The number of aromatic nitrogens is 3. The standard InChI is InChI=1S/C19H18Cl2N4O2/c1-3-25-18-11(8-23-25)14(10-6-12(20)16(22)13(21)7-10)15(19(26)27-2)17(24-18)9-4-5-9/h6-9H,3-5,22H2,1-2H3. The van der Waals surface area contributed by atoms with Crippen LogP contribution in [0.1, 0.15) is 41.7 Å². The first-order chi connectivity index (χ1) is 13.0. The summed E-state index contributed by atoms with van der Waals surface area (Å²) in [5.41, 5.74) is 9.47. The maximum absolute atomic E-state index is 12.7. The minimum atomic E-state index is -0.436. The first-order valence-corrected chi connectivity index (χ1v) is 9.44. The molecule has 0 amide bonds. The van der Waals surface area contributed by atoms with Crippen LogP contribution in [-0.2, 0) is 11.3 Å². The lowest BCUT2D eigenvalue weighted by Crippen LogP contribution is -2.11. The molecule has 0 radical (unpaired) electrons. The molecule has 2 heterocycles. The molecule has 2 aromatic heterocycles. The van der Waals surface area contributed by atoms with Crippen LogP contribution in [0.4, 0.5) is 5.69 Å². The fraction of sp³-hybridized carbons (Fsp3) is 0.316. The lowest BCUT2D eigenvalue weighted by Gasteiger charge is -2.15. The quantitative estimate of drug-likeness (QED) is 0.504. The number of methoxy groups -OCH3 is 1. The number of nitrogen functional groups attached to an aromatic ring is 1. The molecule has 0 atom stereocenters. The Morgan fingerprint density at radius 1 is 1.33 bits per heavy atom. The van der Waals surface area contributed by atoms with Gasteiger partial charge in [-0.3, -0.25) is 0 Å². The highest BCUT2D eigenvalue weighted by atomic mass is 35.5. The van der Waals surface area contributed by atoms with Crippen LogP contribution in [0.5, 0.6) is 0 Å². The summed E-state index contributed by atoms with van der Waals surface area (Å²) in [6.07, 6.45) is 3.69. The van der Waals surface area contributed by atoms with Crippen molar-refractivity contribution >= 4 is 45.9 Å². The zero-order chi connectivity index (χ0) is 19.3. The van der Waals surface area contributed by atoms with Crippen LogP contribution in [0.3, 0.4) is 0 Å². The van der Waals surface area contributed by atoms with E-state index in [2.05, 4.69) is 5.10 Å². The molecule has 1 saturated carbocycles. The summed E-state index contributed by atoms with van der Waals surface area (Å²) in [5.74, 6) is -0.197. The molecule has 3 aromatic rings. The van der Waals surface area contributed by atoms with Gasteiger partial charge in [-0.05, 0) is 37.5 Å². The van der Waals surface area contributed by atoms with E-state index in [0.29, 0.717) is 39.0 Å². The van der Waals surface area contributed by atoms with Crippen molar-refractivity contribution in [3.8, 4) is 11.1 Å². The van der Waals surface area contributed by atoms with Crippen molar-refractivity contribution in [1.29, 1.82) is 0 Å². The molecule has 1 aliphatic carbocycles. The van der Waals surface area contributed by atoms with Gasteiger partial charge in [0.25, 0.3) is 0 Å². The van der Waals surface area contributed by atoms with E-state index in [0.717, 1.165) is 29.6 Å². The summed E-state index contributed by atoms with van der Waals surface area (Å²) in [4.78, 5) is 17.5. The number of ether oxygens (including phenoxy) is 1. The van der Waals surface area contributed by atoms with Gasteiger partial charge in [-0.2, -0.15) is 5.10 Å². The Labute approximate surface area is 166 Å². The number of anilines is 1. The van der Waals surface area contributed by atoms with Crippen molar-refractivity contribution in [3.05, 3.63) is 39.6 Å². The third-order valence-electron chi connectivity index (χ3n) is 4.83. The third-order valence-corrected chi connectivity index (χ3v) is 5.46. The lowest BCUT2D eigenvalue weighted by molar-refractivity contribution is 0.0600. The summed E-state index contributed by atoms with van der Waals surface area (Å²) < 4.78 is 6.90. The number of nitrogens with two attached hydrogens (primary N) is 1. The van der Waals surface area contributed by atoms with Gasteiger partial charge in [-0.1, -0.05) is 23.2 Å². The van der Waals surface area contributed by atoms with E-state index in [1.807, 2.05) is 11.6 Å². The molecule has 8 heteroatoms. The van der Waals surface area contributed by atoms with Crippen molar-refractivity contribution in [1.82, 2.24) is 14.8 Å². The number of aryl methyl sites for hydroxylation is 1. The van der Waals surface area contributed by atoms with Gasteiger partial charge in [0, 0.05) is 23.4 Å². The predicted molar refractivity (Wildman–Crippen MR) is 106 cm³/mol. The SMILES string of the molecule is CCn1ncc2c(-c3cc(Cl)c(N)c(Cl)c3)c(C(=O)OC)c(C3CC3)nc21. The van der Waals surface area contributed by atoms with Crippen LogP contribution in [0.25, 0.3) is 22.2 Å². The van der Waals surface area contributed by atoms with Crippen molar-refractivity contribution in [2.45, 2.75) is 32.2 Å². The molecule has 1 aliphatic rings. The zero-order valence-corrected chi connectivity index (χ0v) is 16.4. The molecule has 0 spiro atoms. The smallest absolute Gasteiger partial charge is 0.340 e. The van der Waals surface area contributed by atoms with Gasteiger partial charge in [0.1, 0.15) is 0 Å². The number of hydrogen-bond donors (Lipinski definition) is 1. The average molecular weight is 405 g/mol. The number of fused-ring (bicyclic) bond motifs is 1. The zero-order valence-electron chi connectivity index (χ0n) is 14.9. The number of carbonyl (C=O) groups excluding carboxylic acids is 1. The Balaban J connectivity index is 2.13. The fourth-order valence-corrected chi connectivity index (χ4v) is 3.81. The summed E-state index contributed by atoms with van der Waals surface area (Å²) in [6.45, 7) is 2.66. The Bertz CT molecular complexity index is 1050. The Hall–Kier alpha value is -2.31. The maximum Gasteiger partial charge on any atom is 0.340 e. The van der Waals surface area contributed by atoms with E-state index in [4.69, 9.17) is 38.7 Å². The van der Waals surface area contributed by atoms with Gasteiger partial charge in [0.15, 0.2) is 5.65 Å². The van der Waals surface area contributed by atoms with Crippen LogP contribution in [0.2, 0.25) is 10.0 Å². The first kappa shape index (κ1) is 18.1. The summed E-state index contributed by atoms with van der Waals surface area (Å²) in [6, 6.07) is 3.42. The second-order valence-electron chi connectivity index (χ2n) is 6.56. The molecule has 1 aromatic carbocycles. The van der Waals surface area contributed by atoms with Crippen LogP contribution in [-0.4, -0.2) is 27.8 Å². The van der Waals surface area contributed by atoms with Gasteiger partial charge < -0.3 is 10.5 Å². The van der Waals surface area contributed by atoms with Gasteiger partial charge in [-0.15, -0.1) is 0 Å². The molecule has 140 valence electrons. The molecule has 0 aliphatic heterocycles. The monoisotopic (exact) mass is 404 g/mol. The average Bonchev–Trinajstić information content (AvgIpc) is 3.43. The van der Waals surface area contributed by atoms with E-state index in [1.165, 1.54) is 7.11 Å². The Kier molecular flexibility index (Phi) is 4.48. The number of hydrogen-bond acceptors (Lipinski definition) is 5. The topological polar surface area (TPSA) is 83.0 Å². The number of benzene rings is 1. The van der Waals surface area contributed by atoms with Crippen molar-refractivity contribution in [2.75, 3.05) is 12.8 Å². The molecule has 1 fully saturated rings. The number of nitrogens with zero attached hydrogens (tertiary/aromatic N) is 3. The van der Waals surface area contributed by atoms with Crippen LogP contribution in [0.15, 0.2) is 18.3 Å². The molecular formula is C19H18Cl2N4O2. The summed E-state index contributed by atoms with van der Waals surface area (Å²) in [7, 11) is 1.37. The summed E-state index contributed by atoms with van der Waals surface area (Å²) >= 11 is 12.5. The molecule has 2 N–H and O–H groups in total. The lowest BCUT2D eigenvalue weighted by atomic mass is 9.94. The number of carbonyl (C=O) groups is 1. The number of rotatable bonds is 4. The van der Waals surface area contributed by atoms with Crippen molar-refractivity contribution < 1.29 is 9.53 Å². The first-order valence-electron chi connectivity index (χ1n) is 8.68. The molecule has 0 unspecified atom stereocenters. The maximum atomic E-state index is 12.7. The van der Waals surface area contributed by atoms with Gasteiger partial charge in [0.05, 0.1) is 40.3 Å². The number of halogens is 2. The minimum Gasteiger partial charge on any atom is -0.465 e. The van der Waals surface area contributed by atoms with Crippen molar-refractivity contribution in [2.24, 2.45) is 0 Å². The van der Waals surface area contributed by atoms with Gasteiger partial charge >= 0.3 is 5.97 Å². The fourth-order valence-electron chi connectivity index (χ4n) is 3.33. The second-order valence-corrected chi connectivity index (χ2v) is 7.38. The normalized spacial score (nSPS) is 13.9. The molecule has 4 rings (SSSR count).